The van der Waals surface area contributed by atoms with E-state index in [1.807, 2.05) is 131 Å². The van der Waals surface area contributed by atoms with Crippen molar-refractivity contribution in [2.45, 2.75) is 0 Å². The lowest BCUT2D eigenvalue weighted by atomic mass is 10.0. The van der Waals surface area contributed by atoms with Crippen LogP contribution in [0.5, 0.6) is 0 Å². The molecule has 0 saturated heterocycles. The van der Waals surface area contributed by atoms with Crippen LogP contribution in [0.2, 0.25) is 0 Å². The first-order chi connectivity index (χ1) is 52.5. The van der Waals surface area contributed by atoms with E-state index < -0.39 is 0 Å². The van der Waals surface area contributed by atoms with E-state index in [9.17, 15) is 9.59 Å². The summed E-state index contributed by atoms with van der Waals surface area (Å²) in [6.07, 6.45) is 3.72. The van der Waals surface area contributed by atoms with Crippen molar-refractivity contribution >= 4 is 131 Å². The number of pyridine rings is 4. The molecule has 0 spiro atoms. The number of nitrogens with zero attached hydrogens (tertiary/aromatic N) is 8. The Balaban J connectivity index is 0.000000136. The molecule has 0 aliphatic rings. The van der Waals surface area contributed by atoms with E-state index in [-0.39, 0.29) is 11.1 Å². The molecule has 8 aromatic heterocycles. The van der Waals surface area contributed by atoms with Gasteiger partial charge in [-0.25, -0.2) is 9.97 Å². The van der Waals surface area contributed by atoms with Crippen LogP contribution in [0.15, 0.2) is 374 Å². The Kier molecular flexibility index (Phi) is 13.7. The number of rotatable bonds is 8. The summed E-state index contributed by atoms with van der Waals surface area (Å²) in [5.41, 5.74) is 19.0. The molecule has 0 unspecified atom stereocenters. The van der Waals surface area contributed by atoms with Crippen LogP contribution >= 0.6 is 0 Å². The molecular formula is C96H60N8O2. The van der Waals surface area contributed by atoms with Crippen LogP contribution in [0.4, 0.5) is 0 Å². The highest BCUT2D eigenvalue weighted by Crippen LogP contribution is 2.42. The summed E-state index contributed by atoms with van der Waals surface area (Å²) in [5, 5.41) is 14.3. The number of hydrogen-bond donors (Lipinski definition) is 0. The highest BCUT2D eigenvalue weighted by atomic mass is 16.1. The van der Waals surface area contributed by atoms with Gasteiger partial charge in [-0.05, 0) is 168 Å². The predicted molar refractivity (Wildman–Crippen MR) is 438 cm³/mol. The second kappa shape index (κ2) is 24.1. The highest BCUT2D eigenvalue weighted by Gasteiger charge is 2.23. The Morgan fingerprint density at radius 3 is 0.679 bits per heavy atom. The van der Waals surface area contributed by atoms with Gasteiger partial charge in [0.15, 0.2) is 0 Å². The standard InChI is InChI=1S/2C48H30N4O/c2*53-48-40-29-47(49-30-41(40)37-19-9-11-21-43(37)51(48)34-15-5-2-6-16-34)52-44-22-12-8-18-36(44)39-28-32(24-26-46(39)52)31-23-25-45-38(27-31)35-17-7-10-20-42(35)50(45)33-13-3-1-4-14-33/h2*1-30H. The summed E-state index contributed by atoms with van der Waals surface area (Å²) in [4.78, 5) is 38.8. The zero-order valence-corrected chi connectivity index (χ0v) is 57.0. The van der Waals surface area contributed by atoms with Crippen LogP contribution in [-0.4, -0.2) is 37.4 Å². The average molecular weight is 1360 g/mol. The van der Waals surface area contributed by atoms with Crippen LogP contribution in [0.1, 0.15) is 0 Å². The van der Waals surface area contributed by atoms with E-state index in [1.165, 1.54) is 43.6 Å². The van der Waals surface area contributed by atoms with Gasteiger partial charge in [-0.3, -0.25) is 27.9 Å². The van der Waals surface area contributed by atoms with Crippen molar-refractivity contribution in [1.82, 2.24) is 37.4 Å². The van der Waals surface area contributed by atoms with E-state index in [2.05, 4.69) is 261 Å². The second-order valence-electron chi connectivity index (χ2n) is 27.2. The third-order valence-electron chi connectivity index (χ3n) is 21.4. The van der Waals surface area contributed by atoms with Crippen LogP contribution in [0.3, 0.4) is 0 Å². The molecule has 0 N–H and O–H groups in total. The Morgan fingerprint density at radius 2 is 0.387 bits per heavy atom. The smallest absolute Gasteiger partial charge is 0.263 e. The van der Waals surface area contributed by atoms with Crippen molar-refractivity contribution in [3.05, 3.63) is 385 Å². The fourth-order valence-corrected chi connectivity index (χ4v) is 16.6. The van der Waals surface area contributed by atoms with E-state index in [1.54, 1.807) is 0 Å². The molecule has 22 rings (SSSR count). The van der Waals surface area contributed by atoms with Gasteiger partial charge in [0.25, 0.3) is 11.1 Å². The maximum absolute atomic E-state index is 14.4. The van der Waals surface area contributed by atoms with Gasteiger partial charge in [-0.1, -0.05) is 206 Å². The molecule has 10 nitrogen and oxygen atoms in total. The van der Waals surface area contributed by atoms with Gasteiger partial charge >= 0.3 is 0 Å². The molecule has 0 amide bonds. The van der Waals surface area contributed by atoms with Gasteiger partial charge < -0.3 is 9.13 Å². The maximum atomic E-state index is 14.4. The highest BCUT2D eigenvalue weighted by molar-refractivity contribution is 6.16. The summed E-state index contributed by atoms with van der Waals surface area (Å²) in [6.45, 7) is 0. The topological polar surface area (TPSA) is 89.5 Å². The molecule has 0 aliphatic heterocycles. The SMILES string of the molecule is O=c1c2cc(-n3c4ccccc4c4cc(-c5ccc6c(c5)c5ccccc5n6-c5ccccc5)ccc43)ncc2c2ccccc2n1-c1ccccc1.O=c1c2cc(-n3c4ccccc4c4cc(-c5ccc6c(c5)c5ccccc5n6-c5ccccc5)ccc43)ncc2c2ccccc2n1-c1ccccc1. The number of aromatic nitrogens is 8. The normalized spacial score (nSPS) is 11.8. The molecule has 106 heavy (non-hydrogen) atoms. The van der Waals surface area contributed by atoms with Gasteiger partial charge in [0.2, 0.25) is 0 Å². The van der Waals surface area contributed by atoms with Crippen molar-refractivity contribution in [3.8, 4) is 56.6 Å². The average Bonchev–Trinajstić information content (AvgIpc) is 0.977. The Hall–Kier alpha value is -14.5. The van der Waals surface area contributed by atoms with Crippen LogP contribution in [-0.2, 0) is 0 Å². The largest absolute Gasteiger partial charge is 0.309 e. The van der Waals surface area contributed by atoms with E-state index in [0.717, 1.165) is 121 Å². The minimum atomic E-state index is -0.0689. The predicted octanol–water partition coefficient (Wildman–Crippen LogP) is 22.8. The third kappa shape index (κ3) is 9.38. The van der Waals surface area contributed by atoms with E-state index >= 15 is 0 Å². The quantitative estimate of drug-likeness (QED) is 0.142. The molecule has 10 heteroatoms. The minimum absolute atomic E-state index is 0.0689. The van der Waals surface area contributed by atoms with Crippen LogP contribution < -0.4 is 11.1 Å². The molecule has 22 aromatic rings. The Morgan fingerprint density at radius 1 is 0.170 bits per heavy atom. The number of fused-ring (bicyclic) bond motifs is 18. The summed E-state index contributed by atoms with van der Waals surface area (Å²) < 4.78 is 12.7. The van der Waals surface area contributed by atoms with Crippen LogP contribution in [0, 0.1) is 0 Å². The van der Waals surface area contributed by atoms with Gasteiger partial charge in [0.1, 0.15) is 11.6 Å². The lowest BCUT2D eigenvalue weighted by Crippen LogP contribution is -2.19. The molecule has 0 fully saturated rings. The molecule has 0 saturated carbocycles. The zero-order valence-electron chi connectivity index (χ0n) is 57.0. The zero-order chi connectivity index (χ0) is 70.1. The lowest BCUT2D eigenvalue weighted by molar-refractivity contribution is 1.05. The Bertz CT molecular complexity index is 7050. The van der Waals surface area contributed by atoms with Gasteiger partial charge in [0, 0.05) is 99.8 Å². The van der Waals surface area contributed by atoms with Crippen molar-refractivity contribution in [3.63, 3.8) is 0 Å². The third-order valence-corrected chi connectivity index (χ3v) is 21.4. The van der Waals surface area contributed by atoms with Crippen LogP contribution in [0.25, 0.3) is 187 Å². The Labute approximate surface area is 605 Å². The first-order valence-corrected chi connectivity index (χ1v) is 35.7. The molecule has 0 radical (unpaired) electrons. The number of para-hydroxylation sites is 10. The van der Waals surface area contributed by atoms with Gasteiger partial charge in [-0.15, -0.1) is 0 Å². The maximum Gasteiger partial charge on any atom is 0.263 e. The fraction of sp³-hybridized carbons (Fsp3) is 0. The first-order valence-electron chi connectivity index (χ1n) is 35.7. The molecule has 8 heterocycles. The second-order valence-corrected chi connectivity index (χ2v) is 27.2. The summed E-state index contributed by atoms with van der Waals surface area (Å²) in [6, 6.07) is 122. The molecule has 0 aliphatic carbocycles. The first kappa shape index (κ1) is 60.3. The summed E-state index contributed by atoms with van der Waals surface area (Å²) in [5.74, 6) is 1.41. The molecular weight excluding hydrogens is 1300 g/mol. The molecule has 496 valence electrons. The summed E-state index contributed by atoms with van der Waals surface area (Å²) >= 11 is 0. The summed E-state index contributed by atoms with van der Waals surface area (Å²) in [7, 11) is 0. The van der Waals surface area contributed by atoms with Gasteiger partial charge in [-0.2, -0.15) is 0 Å². The molecule has 0 atom stereocenters. The van der Waals surface area contributed by atoms with E-state index in [4.69, 9.17) is 9.97 Å². The monoisotopic (exact) mass is 1360 g/mol. The van der Waals surface area contributed by atoms with Crippen molar-refractivity contribution in [2.75, 3.05) is 0 Å². The number of hydrogen-bond acceptors (Lipinski definition) is 4. The van der Waals surface area contributed by atoms with Crippen molar-refractivity contribution in [1.29, 1.82) is 0 Å². The molecule has 14 aromatic carbocycles. The van der Waals surface area contributed by atoms with Crippen molar-refractivity contribution < 1.29 is 0 Å². The lowest BCUT2D eigenvalue weighted by Gasteiger charge is -2.14. The van der Waals surface area contributed by atoms with Crippen molar-refractivity contribution in [2.24, 2.45) is 0 Å². The molecule has 0 bridgehead atoms. The minimum Gasteiger partial charge on any atom is -0.309 e. The number of benzene rings is 14. The fourth-order valence-electron chi connectivity index (χ4n) is 16.6. The van der Waals surface area contributed by atoms with Gasteiger partial charge in [0.05, 0.1) is 65.9 Å². The van der Waals surface area contributed by atoms with E-state index in [0.29, 0.717) is 22.4 Å².